The number of fused-ring (bicyclic) bond motifs is 2. The van der Waals surface area contributed by atoms with Crippen LogP contribution in [0.15, 0.2) is 18.2 Å². The zero-order valence-corrected chi connectivity index (χ0v) is 11.2. The molecule has 2 saturated heterocycles. The van der Waals surface area contributed by atoms with Crippen LogP contribution in [0.2, 0.25) is 0 Å². The Morgan fingerprint density at radius 2 is 2.35 bits per heavy atom. The average molecular weight is 279 g/mol. The summed E-state index contributed by atoms with van der Waals surface area (Å²) in [5.74, 6) is -1.94. The summed E-state index contributed by atoms with van der Waals surface area (Å²) in [6.07, 6.45) is 3.47. The summed E-state index contributed by atoms with van der Waals surface area (Å²) in [7, 11) is 0. The molecule has 0 saturated carbocycles. The van der Waals surface area contributed by atoms with Gasteiger partial charge >= 0.3 is 0 Å². The van der Waals surface area contributed by atoms with Crippen molar-refractivity contribution in [3.05, 3.63) is 29.6 Å². The molecule has 3 rings (SSSR count). The second-order valence-electron chi connectivity index (χ2n) is 5.48. The molecule has 20 heavy (non-hydrogen) atoms. The van der Waals surface area contributed by atoms with Crippen LogP contribution in [-0.2, 0) is 4.74 Å². The molecule has 0 amide bonds. The summed E-state index contributed by atoms with van der Waals surface area (Å²) in [6, 6.07) is 3.46. The molecule has 1 aromatic rings. The minimum Gasteiger partial charge on any atom is -0.545 e. The van der Waals surface area contributed by atoms with E-state index in [0.717, 1.165) is 25.3 Å². The smallest absolute Gasteiger partial charge is 0.165 e. The van der Waals surface area contributed by atoms with Crippen molar-refractivity contribution in [1.82, 2.24) is 0 Å². The highest BCUT2D eigenvalue weighted by molar-refractivity contribution is 5.86. The molecule has 5 heteroatoms. The van der Waals surface area contributed by atoms with Crippen LogP contribution < -0.4 is 9.84 Å². The standard InChI is InChI=1S/C15H17FO4/c1-2-15(8-10-4-6-13(15)19-10)20-12-7-9(14(17)18)3-5-11(12)16/h3,5,7,10,13H,2,4,6,8H2,1H3,(H,17,18)/p-1. The summed E-state index contributed by atoms with van der Waals surface area (Å²) in [5, 5.41) is 10.9. The lowest BCUT2D eigenvalue weighted by Gasteiger charge is -2.35. The van der Waals surface area contributed by atoms with Crippen LogP contribution in [0, 0.1) is 5.82 Å². The predicted octanol–water partition coefficient (Wildman–Crippen LogP) is 1.67. The van der Waals surface area contributed by atoms with E-state index >= 15 is 0 Å². The maximum atomic E-state index is 13.9. The van der Waals surface area contributed by atoms with Gasteiger partial charge < -0.3 is 19.4 Å². The van der Waals surface area contributed by atoms with Crippen molar-refractivity contribution in [2.24, 2.45) is 0 Å². The van der Waals surface area contributed by atoms with Gasteiger partial charge in [0.25, 0.3) is 0 Å². The van der Waals surface area contributed by atoms with Crippen molar-refractivity contribution in [2.45, 2.75) is 50.4 Å². The SMILES string of the molecule is CCC1(Oc2cc(C(=O)[O-])ccc2F)CC2CCC1O2. The normalized spacial score (nSPS) is 31.5. The number of ether oxygens (including phenoxy) is 2. The van der Waals surface area contributed by atoms with Crippen molar-refractivity contribution < 1.29 is 23.8 Å². The van der Waals surface area contributed by atoms with E-state index in [1.165, 1.54) is 12.1 Å². The van der Waals surface area contributed by atoms with Gasteiger partial charge in [0.15, 0.2) is 11.6 Å². The third-order valence-corrected chi connectivity index (χ3v) is 4.35. The van der Waals surface area contributed by atoms with E-state index in [0.29, 0.717) is 6.42 Å². The van der Waals surface area contributed by atoms with Gasteiger partial charge in [-0.3, -0.25) is 0 Å². The van der Waals surface area contributed by atoms with Gasteiger partial charge in [-0.1, -0.05) is 6.92 Å². The third kappa shape index (κ3) is 2.06. The quantitative estimate of drug-likeness (QED) is 0.841. The van der Waals surface area contributed by atoms with E-state index in [1.54, 1.807) is 0 Å². The molecule has 0 aliphatic carbocycles. The zero-order valence-electron chi connectivity index (χ0n) is 11.2. The van der Waals surface area contributed by atoms with Gasteiger partial charge in [-0.2, -0.15) is 0 Å². The molecular formula is C15H16FO4-. The van der Waals surface area contributed by atoms with Crippen LogP contribution in [0.4, 0.5) is 4.39 Å². The number of hydrogen-bond donors (Lipinski definition) is 0. The Morgan fingerprint density at radius 3 is 2.90 bits per heavy atom. The highest BCUT2D eigenvalue weighted by Gasteiger charge is 2.53. The first-order valence-electron chi connectivity index (χ1n) is 6.89. The first-order chi connectivity index (χ1) is 9.54. The summed E-state index contributed by atoms with van der Waals surface area (Å²) in [5.41, 5.74) is -0.634. The number of carbonyl (C=O) groups excluding carboxylic acids is 1. The lowest BCUT2D eigenvalue weighted by atomic mass is 9.82. The van der Waals surface area contributed by atoms with Crippen molar-refractivity contribution >= 4 is 5.97 Å². The molecular weight excluding hydrogens is 263 g/mol. The minimum atomic E-state index is -1.34. The monoisotopic (exact) mass is 279 g/mol. The summed E-state index contributed by atoms with van der Waals surface area (Å²) in [6.45, 7) is 1.98. The average Bonchev–Trinajstić information content (AvgIpc) is 3.02. The van der Waals surface area contributed by atoms with E-state index in [-0.39, 0.29) is 23.5 Å². The molecule has 2 fully saturated rings. The van der Waals surface area contributed by atoms with Crippen molar-refractivity contribution in [2.75, 3.05) is 0 Å². The topological polar surface area (TPSA) is 58.6 Å². The van der Waals surface area contributed by atoms with Crippen molar-refractivity contribution in [3.63, 3.8) is 0 Å². The van der Waals surface area contributed by atoms with Crippen LogP contribution in [0.3, 0.4) is 0 Å². The molecule has 0 aromatic heterocycles. The number of aromatic carboxylic acids is 1. The second-order valence-corrected chi connectivity index (χ2v) is 5.48. The fourth-order valence-corrected chi connectivity index (χ4v) is 3.24. The lowest BCUT2D eigenvalue weighted by Crippen LogP contribution is -2.45. The van der Waals surface area contributed by atoms with Crippen LogP contribution in [0.25, 0.3) is 0 Å². The molecule has 4 nitrogen and oxygen atoms in total. The number of carboxylic acid groups (broad SMARTS) is 1. The number of halogens is 1. The zero-order chi connectivity index (χ0) is 14.3. The van der Waals surface area contributed by atoms with Gasteiger partial charge in [0.05, 0.1) is 18.2 Å². The van der Waals surface area contributed by atoms with Gasteiger partial charge in [-0.25, -0.2) is 4.39 Å². The van der Waals surface area contributed by atoms with Crippen LogP contribution in [0.5, 0.6) is 5.75 Å². The second kappa shape index (κ2) is 4.74. The van der Waals surface area contributed by atoms with E-state index in [9.17, 15) is 14.3 Å². The van der Waals surface area contributed by atoms with Gasteiger partial charge in [-0.15, -0.1) is 0 Å². The molecule has 2 bridgehead atoms. The molecule has 0 N–H and O–H groups in total. The fourth-order valence-electron chi connectivity index (χ4n) is 3.24. The maximum Gasteiger partial charge on any atom is 0.165 e. The van der Waals surface area contributed by atoms with Crippen molar-refractivity contribution in [1.29, 1.82) is 0 Å². The molecule has 3 atom stereocenters. The van der Waals surface area contributed by atoms with E-state index in [4.69, 9.17) is 9.47 Å². The molecule has 2 aliphatic heterocycles. The molecule has 0 spiro atoms. The summed E-state index contributed by atoms with van der Waals surface area (Å²) < 4.78 is 25.5. The Balaban J connectivity index is 1.90. The van der Waals surface area contributed by atoms with Gasteiger partial charge in [-0.05, 0) is 37.5 Å². The molecule has 3 unspecified atom stereocenters. The Hall–Kier alpha value is -1.62. The Kier molecular flexibility index (Phi) is 3.17. The number of hydrogen-bond acceptors (Lipinski definition) is 4. The molecule has 108 valence electrons. The Morgan fingerprint density at radius 1 is 1.55 bits per heavy atom. The predicted molar refractivity (Wildman–Crippen MR) is 66.9 cm³/mol. The molecule has 2 aliphatic rings. The molecule has 1 aromatic carbocycles. The molecule has 0 radical (unpaired) electrons. The van der Waals surface area contributed by atoms with Gasteiger partial charge in [0.2, 0.25) is 0 Å². The highest BCUT2D eigenvalue weighted by atomic mass is 19.1. The Bertz CT molecular complexity index is 545. The third-order valence-electron chi connectivity index (χ3n) is 4.35. The highest BCUT2D eigenvalue weighted by Crippen LogP contribution is 2.46. The van der Waals surface area contributed by atoms with Crippen molar-refractivity contribution in [3.8, 4) is 5.75 Å². The van der Waals surface area contributed by atoms with Crippen LogP contribution in [-0.4, -0.2) is 23.8 Å². The number of carbonyl (C=O) groups is 1. The number of benzene rings is 1. The molecule has 2 heterocycles. The first-order valence-corrected chi connectivity index (χ1v) is 6.89. The summed E-state index contributed by atoms with van der Waals surface area (Å²) in [4.78, 5) is 10.9. The maximum absolute atomic E-state index is 13.9. The Labute approximate surface area is 116 Å². The first kappa shape index (κ1) is 13.4. The van der Waals surface area contributed by atoms with Gasteiger partial charge in [0.1, 0.15) is 5.60 Å². The minimum absolute atomic E-state index is 0.0373. The van der Waals surface area contributed by atoms with Gasteiger partial charge in [0, 0.05) is 12.0 Å². The van der Waals surface area contributed by atoms with E-state index in [1.807, 2.05) is 6.92 Å². The summed E-state index contributed by atoms with van der Waals surface area (Å²) >= 11 is 0. The fraction of sp³-hybridized carbons (Fsp3) is 0.533. The van der Waals surface area contributed by atoms with E-state index < -0.39 is 17.4 Å². The lowest BCUT2D eigenvalue weighted by molar-refractivity contribution is -0.255. The number of rotatable bonds is 4. The van der Waals surface area contributed by atoms with Crippen LogP contribution >= 0.6 is 0 Å². The van der Waals surface area contributed by atoms with Crippen LogP contribution in [0.1, 0.15) is 43.0 Å². The largest absolute Gasteiger partial charge is 0.545 e. The number of carboxylic acids is 1. The van der Waals surface area contributed by atoms with E-state index in [2.05, 4.69) is 0 Å².